The lowest BCUT2D eigenvalue weighted by molar-refractivity contribution is 0.112. The zero-order valence-electron chi connectivity index (χ0n) is 19.6. The van der Waals surface area contributed by atoms with E-state index in [0.29, 0.717) is 34.5 Å². The maximum absolute atomic E-state index is 13.8. The molecule has 2 aliphatic rings. The average Bonchev–Trinajstić information content (AvgIpc) is 3.50. The van der Waals surface area contributed by atoms with Crippen molar-refractivity contribution in [1.82, 2.24) is 20.0 Å². The molecular weight excluding hydrogens is 447 g/mol. The third-order valence-electron chi connectivity index (χ3n) is 7.13. The second-order valence-electron chi connectivity index (χ2n) is 9.24. The Morgan fingerprint density at radius 2 is 1.94 bits per heavy atom. The van der Waals surface area contributed by atoms with Crippen molar-refractivity contribution < 1.29 is 13.6 Å². The predicted molar refractivity (Wildman–Crippen MR) is 130 cm³/mol. The van der Waals surface area contributed by atoms with Gasteiger partial charge in [0.05, 0.1) is 41.1 Å². The first-order valence-corrected chi connectivity index (χ1v) is 11.7. The van der Waals surface area contributed by atoms with Gasteiger partial charge in [-0.1, -0.05) is 18.2 Å². The SMILES string of the molecule is Cc1ccc(-n2nccn2)c(C=O)c1N1CC[C@@H]2CN(c3nc(C)c(-c4cccc(F)c4)o3)[C@@H]2C1. The molecule has 4 aromatic rings. The number of fused-ring (bicyclic) bond motifs is 1. The van der Waals surface area contributed by atoms with Crippen LogP contribution in [0.4, 0.5) is 16.1 Å². The zero-order valence-corrected chi connectivity index (χ0v) is 19.6. The van der Waals surface area contributed by atoms with Crippen molar-refractivity contribution in [2.24, 2.45) is 5.92 Å². The summed E-state index contributed by atoms with van der Waals surface area (Å²) >= 11 is 0. The first-order chi connectivity index (χ1) is 17.0. The van der Waals surface area contributed by atoms with Crippen molar-refractivity contribution >= 4 is 18.0 Å². The fraction of sp³-hybridized carbons (Fsp3) is 0.308. The maximum Gasteiger partial charge on any atom is 0.298 e. The van der Waals surface area contributed by atoms with Gasteiger partial charge in [-0.05, 0) is 44.0 Å². The van der Waals surface area contributed by atoms with E-state index in [1.165, 1.54) is 16.9 Å². The molecule has 8 nitrogen and oxygen atoms in total. The fourth-order valence-electron chi connectivity index (χ4n) is 5.38. The molecule has 0 N–H and O–H groups in total. The molecule has 2 aromatic heterocycles. The van der Waals surface area contributed by atoms with Crippen LogP contribution in [0.5, 0.6) is 0 Å². The molecule has 4 heterocycles. The number of hydrogen-bond acceptors (Lipinski definition) is 7. The van der Waals surface area contributed by atoms with Gasteiger partial charge in [0.1, 0.15) is 5.82 Å². The summed E-state index contributed by atoms with van der Waals surface area (Å²) in [5.41, 5.74) is 4.63. The van der Waals surface area contributed by atoms with Crippen molar-refractivity contribution in [1.29, 1.82) is 0 Å². The van der Waals surface area contributed by atoms with Crippen LogP contribution < -0.4 is 9.80 Å². The van der Waals surface area contributed by atoms with Crippen LogP contribution >= 0.6 is 0 Å². The van der Waals surface area contributed by atoms with Crippen molar-refractivity contribution in [3.8, 4) is 17.0 Å². The van der Waals surface area contributed by atoms with E-state index in [9.17, 15) is 9.18 Å². The third-order valence-corrected chi connectivity index (χ3v) is 7.13. The molecule has 2 saturated heterocycles. The Labute approximate surface area is 202 Å². The van der Waals surface area contributed by atoms with E-state index in [1.807, 2.05) is 32.0 Å². The lowest BCUT2D eigenvalue weighted by atomic mass is 9.82. The summed E-state index contributed by atoms with van der Waals surface area (Å²) < 4.78 is 19.9. The van der Waals surface area contributed by atoms with E-state index in [2.05, 4.69) is 25.0 Å². The van der Waals surface area contributed by atoms with Crippen molar-refractivity contribution in [2.75, 3.05) is 29.4 Å². The van der Waals surface area contributed by atoms with E-state index in [4.69, 9.17) is 4.42 Å². The number of benzene rings is 2. The van der Waals surface area contributed by atoms with Gasteiger partial charge in [0.2, 0.25) is 0 Å². The number of anilines is 2. The number of halogens is 1. The average molecular weight is 473 g/mol. The second kappa shape index (κ2) is 8.33. The minimum Gasteiger partial charge on any atom is -0.423 e. The van der Waals surface area contributed by atoms with Crippen LogP contribution in [0.15, 0.2) is 53.2 Å². The number of nitrogens with zero attached hydrogens (tertiary/aromatic N) is 6. The highest BCUT2D eigenvalue weighted by Gasteiger charge is 2.45. The lowest BCUT2D eigenvalue weighted by Crippen LogP contribution is -2.64. The molecule has 0 radical (unpaired) electrons. The predicted octanol–water partition coefficient (Wildman–Crippen LogP) is 4.21. The number of oxazole rings is 1. The number of aryl methyl sites for hydroxylation is 2. The number of piperidine rings is 1. The standard InChI is InChI=1S/C26H25FN6O2/c1-16-6-7-22(33-28-9-10-29-33)21(15-34)24(16)31-11-8-19-13-32(23(19)14-31)26-30-17(2)25(35-26)18-4-3-5-20(27)12-18/h3-7,9-10,12,15,19,23H,8,11,13-14H2,1-2H3/t19-,23-/m1/s1. The summed E-state index contributed by atoms with van der Waals surface area (Å²) in [7, 11) is 0. The number of rotatable bonds is 5. The molecule has 0 unspecified atom stereocenters. The summed E-state index contributed by atoms with van der Waals surface area (Å²) in [5, 5.41) is 8.44. The number of carbonyl (C=O) groups is 1. The number of aldehydes is 1. The minimum absolute atomic E-state index is 0.215. The van der Waals surface area contributed by atoms with Gasteiger partial charge in [0.25, 0.3) is 6.01 Å². The molecule has 2 aliphatic heterocycles. The minimum atomic E-state index is -0.305. The highest BCUT2D eigenvalue weighted by atomic mass is 19.1. The Morgan fingerprint density at radius 3 is 2.71 bits per heavy atom. The molecule has 2 aromatic carbocycles. The fourth-order valence-corrected chi connectivity index (χ4v) is 5.38. The van der Waals surface area contributed by atoms with E-state index in [-0.39, 0.29) is 11.9 Å². The largest absolute Gasteiger partial charge is 0.423 e. The van der Waals surface area contributed by atoms with Crippen LogP contribution in [-0.2, 0) is 0 Å². The van der Waals surface area contributed by atoms with Crippen molar-refractivity contribution in [2.45, 2.75) is 26.3 Å². The molecule has 0 bridgehead atoms. The molecule has 178 valence electrons. The molecule has 2 atom stereocenters. The van der Waals surface area contributed by atoms with Crippen molar-refractivity contribution in [3.63, 3.8) is 0 Å². The Bertz CT molecular complexity index is 1400. The Balaban J connectivity index is 1.29. The monoisotopic (exact) mass is 472 g/mol. The van der Waals surface area contributed by atoms with Gasteiger partial charge < -0.3 is 14.2 Å². The Kier molecular flexibility index (Phi) is 5.12. The highest BCUT2D eigenvalue weighted by Crippen LogP contribution is 2.41. The normalized spacial score (nSPS) is 19.4. The lowest BCUT2D eigenvalue weighted by Gasteiger charge is -2.53. The first kappa shape index (κ1) is 21.5. The first-order valence-electron chi connectivity index (χ1n) is 11.7. The van der Waals surface area contributed by atoms with Gasteiger partial charge in [-0.15, -0.1) is 0 Å². The van der Waals surface area contributed by atoms with Crippen LogP contribution in [0.25, 0.3) is 17.0 Å². The summed E-state index contributed by atoms with van der Waals surface area (Å²) in [6, 6.07) is 11.0. The quantitative estimate of drug-likeness (QED) is 0.403. The topological polar surface area (TPSA) is 80.3 Å². The highest BCUT2D eigenvalue weighted by molar-refractivity contribution is 5.91. The summed E-state index contributed by atoms with van der Waals surface area (Å²) in [6.45, 7) is 6.39. The molecule has 0 spiro atoms. The van der Waals surface area contributed by atoms with Crippen LogP contribution in [0.3, 0.4) is 0 Å². The van der Waals surface area contributed by atoms with E-state index < -0.39 is 0 Å². The maximum atomic E-state index is 13.8. The number of carbonyl (C=O) groups excluding carboxylic acids is 1. The van der Waals surface area contributed by atoms with E-state index in [1.54, 1.807) is 18.5 Å². The van der Waals surface area contributed by atoms with Crippen LogP contribution in [0.2, 0.25) is 0 Å². The number of hydrogen-bond donors (Lipinski definition) is 0. The molecule has 0 saturated carbocycles. The summed E-state index contributed by atoms with van der Waals surface area (Å²) in [5.74, 6) is 0.821. The van der Waals surface area contributed by atoms with Gasteiger partial charge in [-0.25, -0.2) is 4.39 Å². The molecule has 35 heavy (non-hydrogen) atoms. The Hall–Kier alpha value is -4.01. The van der Waals surface area contributed by atoms with Crippen LogP contribution in [0.1, 0.15) is 28.0 Å². The zero-order chi connectivity index (χ0) is 24.1. The molecular formula is C26H25FN6O2. The van der Waals surface area contributed by atoms with E-state index >= 15 is 0 Å². The summed E-state index contributed by atoms with van der Waals surface area (Å²) in [4.78, 5) is 22.8. The molecule has 0 amide bonds. The van der Waals surface area contributed by atoms with Gasteiger partial charge in [-0.2, -0.15) is 20.0 Å². The molecule has 6 rings (SSSR count). The smallest absolute Gasteiger partial charge is 0.298 e. The molecule has 9 heteroatoms. The van der Waals surface area contributed by atoms with Gasteiger partial charge in [0.15, 0.2) is 12.0 Å². The molecule has 2 fully saturated rings. The van der Waals surface area contributed by atoms with Gasteiger partial charge in [-0.3, -0.25) is 4.79 Å². The van der Waals surface area contributed by atoms with Crippen LogP contribution in [0, 0.1) is 25.6 Å². The number of aromatic nitrogens is 4. The Morgan fingerprint density at radius 1 is 1.11 bits per heavy atom. The van der Waals surface area contributed by atoms with E-state index in [0.717, 1.165) is 49.3 Å². The second-order valence-corrected chi connectivity index (χ2v) is 9.24. The summed E-state index contributed by atoms with van der Waals surface area (Å²) in [6.07, 6.45) is 5.11. The van der Waals surface area contributed by atoms with Gasteiger partial charge in [0, 0.05) is 31.1 Å². The van der Waals surface area contributed by atoms with Gasteiger partial charge >= 0.3 is 0 Å². The third kappa shape index (κ3) is 3.58. The molecule has 0 aliphatic carbocycles. The van der Waals surface area contributed by atoms with Crippen LogP contribution in [-0.4, -0.2) is 51.9 Å². The van der Waals surface area contributed by atoms with Crippen molar-refractivity contribution in [3.05, 3.63) is 71.4 Å².